The Morgan fingerprint density at radius 2 is 2.28 bits per heavy atom. The monoisotopic (exact) mass is 312 g/mol. The second-order valence-corrected chi connectivity index (χ2v) is 4.26. The normalized spacial score (nSPS) is 10.4. The number of ether oxygens (including phenoxy) is 1. The van der Waals surface area contributed by atoms with Crippen LogP contribution in [0.4, 0.5) is 0 Å². The van der Waals surface area contributed by atoms with Gasteiger partial charge in [0.25, 0.3) is 5.95 Å². The molecule has 0 aromatic carbocycles. The average molecular weight is 313 g/mol. The Kier molecular flexibility index (Phi) is 3.28. The summed E-state index contributed by atoms with van der Waals surface area (Å²) >= 11 is 3.23. The molecule has 2 aromatic heterocycles. The fourth-order valence-electron chi connectivity index (χ4n) is 1.37. The summed E-state index contributed by atoms with van der Waals surface area (Å²) in [6.45, 7) is 1.61. The molecule has 8 heteroatoms. The Morgan fingerprint density at radius 1 is 1.56 bits per heavy atom. The number of aromatic nitrogens is 4. The minimum Gasteiger partial charge on any atom is -0.480 e. The van der Waals surface area contributed by atoms with Crippen LogP contribution in [0.15, 0.2) is 16.9 Å². The summed E-state index contributed by atoms with van der Waals surface area (Å²) < 4.78 is 6.94. The molecular formula is C10H9BrN4O3. The third kappa shape index (κ3) is 2.19. The third-order valence-corrected chi connectivity index (χ3v) is 2.77. The largest absolute Gasteiger partial charge is 0.480 e. The highest BCUT2D eigenvalue weighted by molar-refractivity contribution is 9.10. The maximum atomic E-state index is 10.9. The van der Waals surface area contributed by atoms with Crippen LogP contribution in [0, 0.1) is 6.92 Å². The predicted molar refractivity (Wildman–Crippen MR) is 65.1 cm³/mol. The van der Waals surface area contributed by atoms with E-state index in [9.17, 15) is 4.79 Å². The minimum absolute atomic E-state index is 0.112. The molecule has 0 bridgehead atoms. The lowest BCUT2D eigenvalue weighted by molar-refractivity contribution is 0.0696. The molecule has 0 fully saturated rings. The van der Waals surface area contributed by atoms with Gasteiger partial charge in [0.1, 0.15) is 5.56 Å². The van der Waals surface area contributed by atoms with Crippen LogP contribution in [0.3, 0.4) is 0 Å². The van der Waals surface area contributed by atoms with Crippen LogP contribution in [-0.2, 0) is 0 Å². The van der Waals surface area contributed by atoms with E-state index in [4.69, 9.17) is 9.84 Å². The molecule has 2 aromatic rings. The molecule has 0 aliphatic rings. The summed E-state index contributed by atoms with van der Waals surface area (Å²) in [4.78, 5) is 19.1. The third-order valence-electron chi connectivity index (χ3n) is 2.23. The second-order valence-electron chi connectivity index (χ2n) is 3.41. The van der Waals surface area contributed by atoms with Gasteiger partial charge in [-0.15, -0.1) is 0 Å². The number of nitrogens with zero attached hydrogens (tertiary/aromatic N) is 4. The molecule has 0 saturated heterocycles. The lowest BCUT2D eigenvalue weighted by Gasteiger charge is -2.03. The van der Waals surface area contributed by atoms with Crippen molar-refractivity contribution in [2.45, 2.75) is 6.92 Å². The van der Waals surface area contributed by atoms with Gasteiger partial charge < -0.3 is 9.84 Å². The van der Waals surface area contributed by atoms with E-state index in [2.05, 4.69) is 31.0 Å². The summed E-state index contributed by atoms with van der Waals surface area (Å²) in [5.74, 6) is -0.446. The first kappa shape index (κ1) is 12.5. The highest BCUT2D eigenvalue weighted by Crippen LogP contribution is 2.21. The lowest BCUT2D eigenvalue weighted by Crippen LogP contribution is -2.03. The fraction of sp³-hybridized carbons (Fsp3) is 0.200. The van der Waals surface area contributed by atoms with Crippen molar-refractivity contribution in [3.8, 4) is 11.8 Å². The van der Waals surface area contributed by atoms with Crippen molar-refractivity contribution in [3.05, 3.63) is 28.1 Å². The quantitative estimate of drug-likeness (QED) is 0.922. The molecular weight excluding hydrogens is 304 g/mol. The van der Waals surface area contributed by atoms with Gasteiger partial charge in [-0.3, -0.25) is 0 Å². The van der Waals surface area contributed by atoms with Crippen molar-refractivity contribution in [1.82, 2.24) is 19.7 Å². The minimum atomic E-state index is -1.04. The Bertz CT molecular complexity index is 611. The van der Waals surface area contributed by atoms with Gasteiger partial charge in [-0.25, -0.2) is 14.5 Å². The highest BCUT2D eigenvalue weighted by atomic mass is 79.9. The first-order valence-corrected chi connectivity index (χ1v) is 5.68. The predicted octanol–water partition coefficient (Wildman–Crippen LogP) is 1.44. The Labute approximate surface area is 111 Å². The zero-order valence-corrected chi connectivity index (χ0v) is 11.2. The summed E-state index contributed by atoms with van der Waals surface area (Å²) in [5.41, 5.74) is 0.508. The van der Waals surface area contributed by atoms with Crippen LogP contribution >= 0.6 is 15.9 Å². The zero-order valence-electron chi connectivity index (χ0n) is 9.59. The molecule has 0 spiro atoms. The van der Waals surface area contributed by atoms with E-state index >= 15 is 0 Å². The summed E-state index contributed by atoms with van der Waals surface area (Å²) in [7, 11) is 1.48. The van der Waals surface area contributed by atoms with Crippen molar-refractivity contribution in [1.29, 1.82) is 0 Å². The van der Waals surface area contributed by atoms with Crippen LogP contribution in [0.2, 0.25) is 0 Å². The Balaban J connectivity index is 2.49. The topological polar surface area (TPSA) is 90.1 Å². The molecule has 0 radical (unpaired) electrons. The van der Waals surface area contributed by atoms with Gasteiger partial charge in [0, 0.05) is 6.20 Å². The standard InChI is InChI=1S/C10H9BrN4O3/c1-5-6(9(16)17)4-15(14-5)10-12-3-7(11)8(13-10)18-2/h3-4H,1-2H3,(H,16,17). The summed E-state index contributed by atoms with van der Waals surface area (Å²) in [5, 5.41) is 13.0. The maximum absolute atomic E-state index is 10.9. The molecule has 94 valence electrons. The number of methoxy groups -OCH3 is 1. The van der Waals surface area contributed by atoms with Gasteiger partial charge in [-0.1, -0.05) is 0 Å². The molecule has 18 heavy (non-hydrogen) atoms. The summed E-state index contributed by atoms with van der Waals surface area (Å²) in [6, 6.07) is 0. The molecule has 2 heterocycles. The van der Waals surface area contributed by atoms with E-state index in [1.165, 1.54) is 24.2 Å². The number of rotatable bonds is 3. The maximum Gasteiger partial charge on any atom is 0.339 e. The van der Waals surface area contributed by atoms with E-state index in [1.807, 2.05) is 0 Å². The number of carboxylic acid groups (broad SMARTS) is 1. The van der Waals surface area contributed by atoms with Crippen LogP contribution in [0.1, 0.15) is 16.1 Å². The van der Waals surface area contributed by atoms with E-state index in [1.54, 1.807) is 6.92 Å². The van der Waals surface area contributed by atoms with Crippen LogP contribution in [-0.4, -0.2) is 37.9 Å². The van der Waals surface area contributed by atoms with Crippen molar-refractivity contribution in [2.24, 2.45) is 0 Å². The van der Waals surface area contributed by atoms with Gasteiger partial charge in [0.05, 0.1) is 23.5 Å². The van der Waals surface area contributed by atoms with Crippen molar-refractivity contribution in [3.63, 3.8) is 0 Å². The molecule has 0 saturated carbocycles. The molecule has 0 amide bonds. The molecule has 7 nitrogen and oxygen atoms in total. The highest BCUT2D eigenvalue weighted by Gasteiger charge is 2.14. The number of aromatic carboxylic acids is 1. The Morgan fingerprint density at radius 3 is 2.83 bits per heavy atom. The molecule has 0 aliphatic heterocycles. The zero-order chi connectivity index (χ0) is 13.3. The lowest BCUT2D eigenvalue weighted by atomic mass is 10.3. The number of carboxylic acids is 1. The van der Waals surface area contributed by atoms with Crippen molar-refractivity contribution < 1.29 is 14.6 Å². The number of hydrogen-bond acceptors (Lipinski definition) is 5. The van der Waals surface area contributed by atoms with Crippen LogP contribution in [0.25, 0.3) is 5.95 Å². The first-order chi connectivity index (χ1) is 8.52. The molecule has 1 N–H and O–H groups in total. The summed E-state index contributed by atoms with van der Waals surface area (Å²) in [6.07, 6.45) is 2.87. The van der Waals surface area contributed by atoms with Crippen molar-refractivity contribution in [2.75, 3.05) is 7.11 Å². The SMILES string of the molecule is COc1nc(-n2cc(C(=O)O)c(C)n2)ncc1Br. The molecule has 0 atom stereocenters. The first-order valence-electron chi connectivity index (χ1n) is 4.89. The van der Waals surface area contributed by atoms with Crippen LogP contribution < -0.4 is 4.74 Å². The van der Waals surface area contributed by atoms with Gasteiger partial charge >= 0.3 is 5.97 Å². The Hall–Kier alpha value is -1.96. The molecule has 0 unspecified atom stereocenters. The van der Waals surface area contributed by atoms with Crippen molar-refractivity contribution >= 4 is 21.9 Å². The van der Waals surface area contributed by atoms with E-state index in [-0.39, 0.29) is 11.5 Å². The van der Waals surface area contributed by atoms with E-state index in [0.29, 0.717) is 16.0 Å². The molecule has 0 aliphatic carbocycles. The van der Waals surface area contributed by atoms with Crippen LogP contribution in [0.5, 0.6) is 5.88 Å². The van der Waals surface area contributed by atoms with Gasteiger partial charge in [0.2, 0.25) is 5.88 Å². The molecule has 2 rings (SSSR count). The van der Waals surface area contributed by atoms with E-state index < -0.39 is 5.97 Å². The van der Waals surface area contributed by atoms with Gasteiger partial charge in [-0.05, 0) is 22.9 Å². The smallest absolute Gasteiger partial charge is 0.339 e. The fourth-order valence-corrected chi connectivity index (χ4v) is 1.72. The second kappa shape index (κ2) is 4.73. The average Bonchev–Trinajstić information content (AvgIpc) is 2.72. The van der Waals surface area contributed by atoms with E-state index in [0.717, 1.165) is 0 Å². The number of halogens is 1. The van der Waals surface area contributed by atoms with Gasteiger partial charge in [-0.2, -0.15) is 10.1 Å². The number of carbonyl (C=O) groups is 1. The van der Waals surface area contributed by atoms with Gasteiger partial charge in [0.15, 0.2) is 0 Å². The number of aryl methyl sites for hydroxylation is 1. The number of hydrogen-bond donors (Lipinski definition) is 1.